The van der Waals surface area contributed by atoms with Gasteiger partial charge in [-0.1, -0.05) is 71.7 Å². The topological polar surface area (TPSA) is 177 Å². The van der Waals surface area contributed by atoms with Crippen molar-refractivity contribution in [1.29, 1.82) is 0 Å². The standard InChI is InChI=1S/C33H34Cl2N6O2.C2HF3O2/c34-29-12-11-24(30(35)19-29)13-16-41(32(43)25-9-7-22(8-10-25)20-40-33(37)38)21-23-3-1-4-26(17-23)27-5-2-6-28(18-27)31(42)39-15-14-36;3-2(4,5)1(6)7/h1-12,17-19H,13-16,20-21,36H2,(H,39,42)(H4,37,38,40);(H,6,7). The van der Waals surface area contributed by atoms with E-state index in [9.17, 15) is 22.8 Å². The van der Waals surface area contributed by atoms with E-state index in [-0.39, 0.29) is 17.8 Å². The number of carboxylic acid groups (broad SMARTS) is 1. The van der Waals surface area contributed by atoms with Crippen LogP contribution in [0.1, 0.15) is 37.4 Å². The van der Waals surface area contributed by atoms with Gasteiger partial charge in [-0.05, 0) is 76.7 Å². The summed E-state index contributed by atoms with van der Waals surface area (Å²) < 4.78 is 31.7. The normalized spacial score (nSPS) is 10.8. The van der Waals surface area contributed by atoms with Gasteiger partial charge in [0.15, 0.2) is 5.96 Å². The van der Waals surface area contributed by atoms with Crippen LogP contribution in [0.5, 0.6) is 0 Å². The molecule has 2 amide bonds. The summed E-state index contributed by atoms with van der Waals surface area (Å²) in [7, 11) is 0. The fourth-order valence-electron chi connectivity index (χ4n) is 4.55. The second-order valence-electron chi connectivity index (χ2n) is 10.8. The second kappa shape index (κ2) is 18.6. The van der Waals surface area contributed by atoms with E-state index in [1.165, 1.54) is 0 Å². The second-order valence-corrected chi connectivity index (χ2v) is 11.6. The molecule has 0 aromatic heterocycles. The maximum atomic E-state index is 13.8. The summed E-state index contributed by atoms with van der Waals surface area (Å²) in [6.45, 7) is 1.90. The maximum Gasteiger partial charge on any atom is 0.490 e. The number of alkyl halides is 3. The summed E-state index contributed by atoms with van der Waals surface area (Å²) in [5, 5.41) is 11.0. The minimum absolute atomic E-state index is 0.0102. The molecule has 0 aliphatic carbocycles. The van der Waals surface area contributed by atoms with Gasteiger partial charge in [0.1, 0.15) is 0 Å². The molecule has 0 spiro atoms. The minimum atomic E-state index is -5.08. The van der Waals surface area contributed by atoms with Gasteiger partial charge in [0.2, 0.25) is 0 Å². The molecule has 264 valence electrons. The fourth-order valence-corrected chi connectivity index (χ4v) is 5.05. The monoisotopic (exact) mass is 730 g/mol. The molecule has 0 bridgehead atoms. The molecule has 15 heteroatoms. The van der Waals surface area contributed by atoms with Crippen molar-refractivity contribution in [1.82, 2.24) is 10.2 Å². The molecule has 0 heterocycles. The summed E-state index contributed by atoms with van der Waals surface area (Å²) in [6.07, 6.45) is -4.54. The van der Waals surface area contributed by atoms with Crippen molar-refractivity contribution >= 4 is 46.9 Å². The third-order valence-corrected chi connectivity index (χ3v) is 7.62. The van der Waals surface area contributed by atoms with Crippen molar-refractivity contribution in [2.24, 2.45) is 22.2 Å². The van der Waals surface area contributed by atoms with Crippen LogP contribution in [0.4, 0.5) is 13.2 Å². The molecule has 0 unspecified atom stereocenters. The number of nitrogens with two attached hydrogens (primary N) is 3. The number of hydrogen-bond acceptors (Lipinski definition) is 5. The highest BCUT2D eigenvalue weighted by molar-refractivity contribution is 6.35. The summed E-state index contributed by atoms with van der Waals surface area (Å²) in [5.74, 6) is -3.05. The first-order chi connectivity index (χ1) is 23.7. The summed E-state index contributed by atoms with van der Waals surface area (Å²) in [6, 6.07) is 28.0. The largest absolute Gasteiger partial charge is 0.490 e. The number of aliphatic imine (C=N–C) groups is 1. The molecule has 50 heavy (non-hydrogen) atoms. The number of benzene rings is 4. The van der Waals surface area contributed by atoms with Gasteiger partial charge in [-0.15, -0.1) is 0 Å². The molecule has 8 N–H and O–H groups in total. The molecule has 10 nitrogen and oxygen atoms in total. The van der Waals surface area contributed by atoms with E-state index in [4.69, 9.17) is 50.3 Å². The van der Waals surface area contributed by atoms with Crippen molar-refractivity contribution in [3.05, 3.63) is 129 Å². The maximum absolute atomic E-state index is 13.8. The van der Waals surface area contributed by atoms with Crippen molar-refractivity contribution in [2.75, 3.05) is 19.6 Å². The number of guanidine groups is 1. The van der Waals surface area contributed by atoms with E-state index in [1.807, 2.05) is 60.7 Å². The van der Waals surface area contributed by atoms with Crippen molar-refractivity contribution in [3.63, 3.8) is 0 Å². The third-order valence-electron chi connectivity index (χ3n) is 7.03. The van der Waals surface area contributed by atoms with E-state index < -0.39 is 12.1 Å². The van der Waals surface area contributed by atoms with Gasteiger partial charge >= 0.3 is 12.1 Å². The number of rotatable bonds is 12. The molecular formula is C35H35Cl2F3N6O4. The van der Waals surface area contributed by atoms with E-state index in [1.54, 1.807) is 35.2 Å². The first-order valence-electron chi connectivity index (χ1n) is 15.0. The smallest absolute Gasteiger partial charge is 0.475 e. The Morgan fingerprint density at radius 1 is 0.840 bits per heavy atom. The van der Waals surface area contributed by atoms with Crippen LogP contribution in [0.2, 0.25) is 10.0 Å². The zero-order valence-corrected chi connectivity index (χ0v) is 28.1. The molecule has 4 aromatic carbocycles. The Morgan fingerprint density at radius 3 is 2.08 bits per heavy atom. The zero-order valence-electron chi connectivity index (χ0n) is 26.6. The molecule has 0 aliphatic heterocycles. The Morgan fingerprint density at radius 2 is 1.48 bits per heavy atom. The van der Waals surface area contributed by atoms with Gasteiger partial charge in [-0.3, -0.25) is 9.59 Å². The first-order valence-corrected chi connectivity index (χ1v) is 15.8. The highest BCUT2D eigenvalue weighted by atomic mass is 35.5. The molecular weight excluding hydrogens is 696 g/mol. The molecule has 0 fully saturated rings. The van der Waals surface area contributed by atoms with Crippen LogP contribution in [0.15, 0.2) is 96.0 Å². The number of carbonyl (C=O) groups is 3. The number of halogens is 5. The molecule has 0 atom stereocenters. The van der Waals surface area contributed by atoms with Gasteiger partial charge in [-0.25, -0.2) is 9.79 Å². The Hall–Kier alpha value is -5.11. The first kappa shape index (κ1) is 39.3. The van der Waals surface area contributed by atoms with Gasteiger partial charge in [-0.2, -0.15) is 13.2 Å². The van der Waals surface area contributed by atoms with Crippen molar-refractivity contribution in [3.8, 4) is 11.1 Å². The van der Waals surface area contributed by atoms with Gasteiger partial charge in [0.05, 0.1) is 6.54 Å². The van der Waals surface area contributed by atoms with Crippen LogP contribution in [0.25, 0.3) is 11.1 Å². The van der Waals surface area contributed by atoms with Crippen LogP contribution in [-0.4, -0.2) is 59.6 Å². The SMILES string of the molecule is NCCNC(=O)c1cccc(-c2cccc(CN(CCc3ccc(Cl)cc3Cl)C(=O)c3ccc(CN=C(N)N)cc3)c2)c1.O=C(O)C(F)(F)F. The van der Waals surface area contributed by atoms with Crippen molar-refractivity contribution < 1.29 is 32.7 Å². The van der Waals surface area contributed by atoms with E-state index in [0.717, 1.165) is 27.8 Å². The Labute approximate surface area is 296 Å². The van der Waals surface area contributed by atoms with Gasteiger partial charge in [0, 0.05) is 47.4 Å². The summed E-state index contributed by atoms with van der Waals surface area (Å²) in [5.41, 5.74) is 22.1. The number of nitrogens with one attached hydrogen (secondary N) is 1. The quantitative estimate of drug-likeness (QED) is 0.0925. The lowest BCUT2D eigenvalue weighted by molar-refractivity contribution is -0.192. The van der Waals surface area contributed by atoms with Gasteiger partial charge < -0.3 is 32.5 Å². The average Bonchev–Trinajstić information content (AvgIpc) is 3.08. The van der Waals surface area contributed by atoms with Crippen LogP contribution in [0, 0.1) is 0 Å². The van der Waals surface area contributed by atoms with Crippen molar-refractivity contribution in [2.45, 2.75) is 25.7 Å². The summed E-state index contributed by atoms with van der Waals surface area (Å²) in [4.78, 5) is 41.0. The van der Waals surface area contributed by atoms with E-state index in [2.05, 4.69) is 10.3 Å². The molecule has 4 rings (SSSR count). The fraction of sp³-hybridized carbons (Fsp3) is 0.200. The van der Waals surface area contributed by atoms with E-state index in [0.29, 0.717) is 60.3 Å². The number of carbonyl (C=O) groups excluding carboxylic acids is 2. The lowest BCUT2D eigenvalue weighted by Gasteiger charge is -2.24. The number of carboxylic acids is 1. The van der Waals surface area contributed by atoms with E-state index >= 15 is 0 Å². The average molecular weight is 732 g/mol. The summed E-state index contributed by atoms with van der Waals surface area (Å²) >= 11 is 12.5. The lowest BCUT2D eigenvalue weighted by atomic mass is 10.0. The predicted octanol–water partition coefficient (Wildman–Crippen LogP) is 5.64. The number of nitrogens with zero attached hydrogens (tertiary/aromatic N) is 2. The van der Waals surface area contributed by atoms with Crippen LogP contribution in [0.3, 0.4) is 0 Å². The number of amides is 2. The lowest BCUT2D eigenvalue weighted by Crippen LogP contribution is -2.32. The zero-order chi connectivity index (χ0) is 36.8. The molecule has 0 saturated heterocycles. The molecule has 4 aromatic rings. The molecule has 0 saturated carbocycles. The number of hydrogen-bond donors (Lipinski definition) is 5. The molecule has 0 aliphatic rings. The van der Waals surface area contributed by atoms with Crippen LogP contribution in [-0.2, 0) is 24.3 Å². The predicted molar refractivity (Wildman–Crippen MR) is 188 cm³/mol. The number of aliphatic carboxylic acids is 1. The van der Waals surface area contributed by atoms with Crippen LogP contribution >= 0.6 is 23.2 Å². The highest BCUT2D eigenvalue weighted by Gasteiger charge is 2.38. The van der Waals surface area contributed by atoms with Gasteiger partial charge in [0.25, 0.3) is 11.8 Å². The highest BCUT2D eigenvalue weighted by Crippen LogP contribution is 2.25. The Balaban J connectivity index is 0.000000872. The molecule has 0 radical (unpaired) electrons. The van der Waals surface area contributed by atoms with Crippen LogP contribution < -0.4 is 22.5 Å². The Bertz CT molecular complexity index is 1820. The minimum Gasteiger partial charge on any atom is -0.475 e. The Kier molecular flexibility index (Phi) is 14.6. The third kappa shape index (κ3) is 12.4.